The number of likely N-dealkylation sites (N-methyl/N-ethyl adjacent to an activating group) is 1. The van der Waals surface area contributed by atoms with Gasteiger partial charge in [-0.1, -0.05) is 0 Å². The minimum Gasteiger partial charge on any atom is -0.284 e. The number of carbonyl (C=O) groups excluding carboxylic acids is 2. The zero-order valence-corrected chi connectivity index (χ0v) is 12.9. The number of piperidine rings is 1. The Bertz CT molecular complexity index is 822. The quantitative estimate of drug-likeness (QED) is 0.744. The summed E-state index contributed by atoms with van der Waals surface area (Å²) in [5.74, 6) is -0.0818. The topological polar surface area (TPSA) is 72.3 Å². The van der Waals surface area contributed by atoms with Crippen LogP contribution in [0.4, 0.5) is 0 Å². The van der Waals surface area contributed by atoms with E-state index in [0.717, 1.165) is 4.90 Å². The van der Waals surface area contributed by atoms with Crippen molar-refractivity contribution in [3.05, 3.63) is 27.6 Å². The summed E-state index contributed by atoms with van der Waals surface area (Å²) in [7, 11) is 1.46. The van der Waals surface area contributed by atoms with Gasteiger partial charge < -0.3 is 0 Å². The molecule has 7 heteroatoms. The lowest BCUT2D eigenvalue weighted by molar-refractivity contribution is -0.154. The van der Waals surface area contributed by atoms with Crippen molar-refractivity contribution in [3.63, 3.8) is 0 Å². The SMILES string of the molecule is Cc1nc2sccc2c(=O)n1C1(C)CCC(=O)N(C)C1=O. The van der Waals surface area contributed by atoms with Gasteiger partial charge in [-0.2, -0.15) is 0 Å². The fourth-order valence-electron chi connectivity index (χ4n) is 2.90. The van der Waals surface area contributed by atoms with Gasteiger partial charge in [-0.15, -0.1) is 11.3 Å². The van der Waals surface area contributed by atoms with Crippen molar-refractivity contribution >= 4 is 33.4 Å². The molecule has 1 saturated heterocycles. The van der Waals surface area contributed by atoms with E-state index < -0.39 is 5.54 Å². The van der Waals surface area contributed by atoms with Gasteiger partial charge in [0.1, 0.15) is 16.2 Å². The molecule has 1 fully saturated rings. The van der Waals surface area contributed by atoms with Crippen LogP contribution in [0.3, 0.4) is 0 Å². The second kappa shape index (κ2) is 4.49. The Morgan fingerprint density at radius 1 is 1.33 bits per heavy atom. The molecule has 0 aliphatic carbocycles. The highest BCUT2D eigenvalue weighted by molar-refractivity contribution is 7.16. The number of nitrogens with zero attached hydrogens (tertiary/aromatic N) is 3. The Morgan fingerprint density at radius 3 is 2.76 bits per heavy atom. The first kappa shape index (κ1) is 13.9. The third-order valence-electron chi connectivity index (χ3n) is 4.12. The minimum absolute atomic E-state index is 0.215. The molecule has 6 nitrogen and oxygen atoms in total. The molecule has 1 unspecified atom stereocenters. The molecule has 1 atom stereocenters. The minimum atomic E-state index is -1.06. The lowest BCUT2D eigenvalue weighted by atomic mass is 9.89. The lowest BCUT2D eigenvalue weighted by Gasteiger charge is -2.38. The average Bonchev–Trinajstić information content (AvgIpc) is 2.90. The number of imide groups is 1. The summed E-state index contributed by atoms with van der Waals surface area (Å²) < 4.78 is 1.44. The maximum Gasteiger partial charge on any atom is 0.263 e. The van der Waals surface area contributed by atoms with Crippen LogP contribution in [-0.2, 0) is 15.1 Å². The maximum atomic E-state index is 12.7. The van der Waals surface area contributed by atoms with Crippen LogP contribution in [-0.4, -0.2) is 33.3 Å². The molecule has 110 valence electrons. The van der Waals surface area contributed by atoms with Crippen LogP contribution < -0.4 is 5.56 Å². The number of aryl methyl sites for hydroxylation is 1. The molecule has 0 saturated carbocycles. The van der Waals surface area contributed by atoms with Crippen LogP contribution in [0.1, 0.15) is 25.6 Å². The number of carbonyl (C=O) groups is 2. The van der Waals surface area contributed by atoms with Crippen LogP contribution >= 0.6 is 11.3 Å². The second-order valence-corrected chi connectivity index (χ2v) is 6.37. The Morgan fingerprint density at radius 2 is 2.05 bits per heavy atom. The second-order valence-electron chi connectivity index (χ2n) is 5.47. The van der Waals surface area contributed by atoms with E-state index in [4.69, 9.17) is 0 Å². The highest BCUT2D eigenvalue weighted by Gasteiger charge is 2.45. The molecule has 0 aromatic carbocycles. The number of fused-ring (bicyclic) bond motifs is 1. The number of aromatic nitrogens is 2. The molecule has 3 heterocycles. The van der Waals surface area contributed by atoms with Crippen LogP contribution in [0, 0.1) is 6.92 Å². The number of hydrogen-bond donors (Lipinski definition) is 0. The van der Waals surface area contributed by atoms with Crippen molar-refractivity contribution in [2.24, 2.45) is 0 Å². The molecule has 2 amide bonds. The van der Waals surface area contributed by atoms with Gasteiger partial charge in [-0.25, -0.2) is 4.98 Å². The molecular weight excluding hydrogens is 290 g/mol. The van der Waals surface area contributed by atoms with Gasteiger partial charge in [-0.05, 0) is 31.7 Å². The van der Waals surface area contributed by atoms with E-state index in [0.29, 0.717) is 22.5 Å². The van der Waals surface area contributed by atoms with E-state index in [1.807, 2.05) is 5.38 Å². The van der Waals surface area contributed by atoms with Crippen molar-refractivity contribution in [2.75, 3.05) is 7.05 Å². The van der Waals surface area contributed by atoms with Crippen LogP contribution in [0.5, 0.6) is 0 Å². The number of rotatable bonds is 1. The maximum absolute atomic E-state index is 12.7. The normalized spacial score (nSPS) is 23.1. The number of hydrogen-bond acceptors (Lipinski definition) is 5. The molecule has 1 aliphatic rings. The predicted molar refractivity (Wildman–Crippen MR) is 79.3 cm³/mol. The van der Waals surface area contributed by atoms with Gasteiger partial charge >= 0.3 is 0 Å². The summed E-state index contributed by atoms with van der Waals surface area (Å²) in [6, 6.07) is 1.72. The number of likely N-dealkylation sites (tertiary alicyclic amines) is 1. The Kier molecular flexibility index (Phi) is 2.98. The molecule has 0 radical (unpaired) electrons. The van der Waals surface area contributed by atoms with E-state index in [1.54, 1.807) is 19.9 Å². The van der Waals surface area contributed by atoms with Gasteiger partial charge in [-0.3, -0.25) is 23.9 Å². The third kappa shape index (κ3) is 1.84. The average molecular weight is 305 g/mol. The Balaban J connectivity index is 2.26. The van der Waals surface area contributed by atoms with Gasteiger partial charge in [0.2, 0.25) is 5.91 Å². The van der Waals surface area contributed by atoms with Crippen molar-refractivity contribution in [2.45, 2.75) is 32.2 Å². The molecular formula is C14H15N3O3S. The summed E-state index contributed by atoms with van der Waals surface area (Å²) in [5, 5.41) is 2.32. The molecule has 2 aromatic rings. The van der Waals surface area contributed by atoms with Crippen molar-refractivity contribution in [1.29, 1.82) is 0 Å². The van der Waals surface area contributed by atoms with E-state index in [9.17, 15) is 14.4 Å². The molecule has 0 N–H and O–H groups in total. The first-order chi connectivity index (χ1) is 9.86. The molecule has 0 spiro atoms. The number of amides is 2. The van der Waals surface area contributed by atoms with Gasteiger partial charge in [0.25, 0.3) is 11.5 Å². The summed E-state index contributed by atoms with van der Waals surface area (Å²) in [6.07, 6.45) is 0.555. The predicted octanol–water partition coefficient (Wildman–Crippen LogP) is 1.26. The Hall–Kier alpha value is -2.02. The number of thiophene rings is 1. The molecule has 2 aromatic heterocycles. The third-order valence-corrected chi connectivity index (χ3v) is 4.93. The van der Waals surface area contributed by atoms with E-state index >= 15 is 0 Å². The first-order valence-electron chi connectivity index (χ1n) is 6.64. The van der Waals surface area contributed by atoms with E-state index in [1.165, 1.54) is 23.0 Å². The lowest BCUT2D eigenvalue weighted by Crippen LogP contribution is -2.57. The molecule has 3 rings (SSSR count). The summed E-state index contributed by atoms with van der Waals surface area (Å²) in [6.45, 7) is 3.42. The van der Waals surface area contributed by atoms with Crippen molar-refractivity contribution in [3.8, 4) is 0 Å². The fourth-order valence-corrected chi connectivity index (χ4v) is 3.70. The van der Waals surface area contributed by atoms with Crippen molar-refractivity contribution < 1.29 is 9.59 Å². The van der Waals surface area contributed by atoms with Crippen LogP contribution in [0.25, 0.3) is 10.2 Å². The summed E-state index contributed by atoms with van der Waals surface area (Å²) in [5.41, 5.74) is -1.29. The highest BCUT2D eigenvalue weighted by Crippen LogP contribution is 2.30. The Labute approximate surface area is 125 Å². The smallest absolute Gasteiger partial charge is 0.263 e. The summed E-state index contributed by atoms with van der Waals surface area (Å²) in [4.78, 5) is 43.1. The van der Waals surface area contributed by atoms with Gasteiger partial charge in [0.15, 0.2) is 0 Å². The standard InChI is InChI=1S/C14H15N3O3S/c1-8-15-11-9(5-7-21-11)12(19)17(8)14(2)6-4-10(18)16(3)13(14)20/h5,7H,4,6H2,1-3H3. The molecule has 1 aliphatic heterocycles. The molecule has 21 heavy (non-hydrogen) atoms. The largest absolute Gasteiger partial charge is 0.284 e. The zero-order valence-electron chi connectivity index (χ0n) is 12.0. The fraction of sp³-hybridized carbons (Fsp3) is 0.429. The highest BCUT2D eigenvalue weighted by atomic mass is 32.1. The van der Waals surface area contributed by atoms with E-state index in [2.05, 4.69) is 4.98 Å². The van der Waals surface area contributed by atoms with Gasteiger partial charge in [0, 0.05) is 13.5 Å². The van der Waals surface area contributed by atoms with Gasteiger partial charge in [0.05, 0.1) is 5.39 Å². The van der Waals surface area contributed by atoms with Crippen LogP contribution in [0.2, 0.25) is 0 Å². The summed E-state index contributed by atoms with van der Waals surface area (Å²) >= 11 is 1.40. The van der Waals surface area contributed by atoms with Crippen LogP contribution in [0.15, 0.2) is 16.2 Å². The first-order valence-corrected chi connectivity index (χ1v) is 7.52. The molecule has 0 bridgehead atoms. The monoisotopic (exact) mass is 305 g/mol. The van der Waals surface area contributed by atoms with E-state index in [-0.39, 0.29) is 23.8 Å². The zero-order chi connectivity index (χ0) is 15.4. The van der Waals surface area contributed by atoms with Crippen molar-refractivity contribution in [1.82, 2.24) is 14.5 Å².